The predicted molar refractivity (Wildman–Crippen MR) is 87.0 cm³/mol. The summed E-state index contributed by atoms with van der Waals surface area (Å²) < 4.78 is 0. The van der Waals surface area contributed by atoms with Crippen LogP contribution in [0.4, 0.5) is 0 Å². The summed E-state index contributed by atoms with van der Waals surface area (Å²) >= 11 is 0. The first-order valence-corrected chi connectivity index (χ1v) is 7.26. The van der Waals surface area contributed by atoms with E-state index in [2.05, 4.69) is 24.0 Å². The van der Waals surface area contributed by atoms with Gasteiger partial charge in [-0.15, -0.1) is 6.58 Å². The smallest absolute Gasteiger partial charge is 0.224 e. The zero-order chi connectivity index (χ0) is 14.9. The van der Waals surface area contributed by atoms with Crippen molar-refractivity contribution in [2.75, 3.05) is 0 Å². The fraction of sp³-hybridized carbons (Fsp3) is 0.211. The lowest BCUT2D eigenvalue weighted by atomic mass is 10.0. The molecule has 0 aliphatic heterocycles. The van der Waals surface area contributed by atoms with E-state index in [0.29, 0.717) is 6.42 Å². The summed E-state index contributed by atoms with van der Waals surface area (Å²) in [5, 5.41) is 3.10. The predicted octanol–water partition coefficient (Wildman–Crippen LogP) is 3.53. The van der Waals surface area contributed by atoms with Crippen molar-refractivity contribution >= 4 is 5.91 Å². The molecule has 0 aliphatic carbocycles. The summed E-state index contributed by atoms with van der Waals surface area (Å²) in [5.74, 6) is 0.0592. The molecule has 1 N–H and O–H groups in total. The van der Waals surface area contributed by atoms with Crippen LogP contribution in [0.5, 0.6) is 0 Å². The fourth-order valence-corrected chi connectivity index (χ4v) is 2.35. The van der Waals surface area contributed by atoms with Crippen LogP contribution in [0.1, 0.15) is 17.5 Å². The molecular formula is C19H21NO. The summed E-state index contributed by atoms with van der Waals surface area (Å²) in [5.41, 5.74) is 2.26. The van der Waals surface area contributed by atoms with Crippen LogP contribution < -0.4 is 5.32 Å². The van der Waals surface area contributed by atoms with Gasteiger partial charge in [0, 0.05) is 6.04 Å². The lowest BCUT2D eigenvalue weighted by Gasteiger charge is -2.17. The Kier molecular flexibility index (Phi) is 5.77. The molecule has 0 radical (unpaired) electrons. The van der Waals surface area contributed by atoms with E-state index in [9.17, 15) is 4.79 Å². The normalized spacial score (nSPS) is 11.6. The summed E-state index contributed by atoms with van der Waals surface area (Å²) in [6.45, 7) is 3.78. The van der Waals surface area contributed by atoms with Gasteiger partial charge in [-0.25, -0.2) is 0 Å². The molecule has 2 rings (SSSR count). The average Bonchev–Trinajstić information content (AvgIpc) is 2.49. The molecule has 0 saturated carbocycles. The Labute approximate surface area is 126 Å². The van der Waals surface area contributed by atoms with Crippen molar-refractivity contribution in [3.8, 4) is 0 Å². The van der Waals surface area contributed by atoms with Crippen molar-refractivity contribution in [3.63, 3.8) is 0 Å². The molecule has 0 saturated heterocycles. The van der Waals surface area contributed by atoms with Gasteiger partial charge in [0.05, 0.1) is 6.42 Å². The zero-order valence-electron chi connectivity index (χ0n) is 12.2. The molecule has 2 heteroatoms. The molecule has 21 heavy (non-hydrogen) atoms. The summed E-state index contributed by atoms with van der Waals surface area (Å²) in [7, 11) is 0. The van der Waals surface area contributed by atoms with Gasteiger partial charge in [-0.05, 0) is 24.0 Å². The number of benzene rings is 2. The summed E-state index contributed by atoms with van der Waals surface area (Å²) in [4.78, 5) is 12.1. The highest BCUT2D eigenvalue weighted by Crippen LogP contribution is 2.07. The molecule has 0 aromatic heterocycles. The summed E-state index contributed by atoms with van der Waals surface area (Å²) in [6, 6.07) is 20.1. The second-order valence-corrected chi connectivity index (χ2v) is 5.14. The molecule has 1 unspecified atom stereocenters. The van der Waals surface area contributed by atoms with Crippen LogP contribution in [0.3, 0.4) is 0 Å². The Morgan fingerprint density at radius 2 is 1.57 bits per heavy atom. The molecular weight excluding hydrogens is 258 g/mol. The van der Waals surface area contributed by atoms with E-state index in [1.807, 2.05) is 54.6 Å². The number of hydrogen-bond donors (Lipinski definition) is 1. The van der Waals surface area contributed by atoms with E-state index in [0.717, 1.165) is 18.4 Å². The maximum atomic E-state index is 12.1. The maximum absolute atomic E-state index is 12.1. The number of nitrogens with one attached hydrogen (secondary N) is 1. The van der Waals surface area contributed by atoms with Crippen molar-refractivity contribution in [2.45, 2.75) is 25.3 Å². The lowest BCUT2D eigenvalue weighted by Crippen LogP contribution is -2.37. The Morgan fingerprint density at radius 1 is 1.00 bits per heavy atom. The van der Waals surface area contributed by atoms with E-state index in [1.165, 1.54) is 5.56 Å². The second kappa shape index (κ2) is 8.05. The third-order valence-electron chi connectivity index (χ3n) is 3.35. The van der Waals surface area contributed by atoms with Crippen molar-refractivity contribution < 1.29 is 4.79 Å². The van der Waals surface area contributed by atoms with Gasteiger partial charge in [-0.1, -0.05) is 66.7 Å². The number of hydrogen-bond acceptors (Lipinski definition) is 1. The SMILES string of the molecule is C=CCC(Cc1ccccc1)NC(=O)Cc1ccccc1. The van der Waals surface area contributed by atoms with Crippen LogP contribution in [0.25, 0.3) is 0 Å². The fourth-order valence-electron chi connectivity index (χ4n) is 2.35. The van der Waals surface area contributed by atoms with Gasteiger partial charge in [-0.3, -0.25) is 4.79 Å². The lowest BCUT2D eigenvalue weighted by molar-refractivity contribution is -0.121. The third-order valence-corrected chi connectivity index (χ3v) is 3.35. The second-order valence-electron chi connectivity index (χ2n) is 5.14. The molecule has 0 spiro atoms. The minimum atomic E-state index is 0.0592. The van der Waals surface area contributed by atoms with Gasteiger partial charge in [0.25, 0.3) is 0 Å². The highest BCUT2D eigenvalue weighted by atomic mass is 16.1. The number of amides is 1. The van der Waals surface area contributed by atoms with Crippen molar-refractivity contribution in [1.82, 2.24) is 5.32 Å². The van der Waals surface area contributed by atoms with Crippen LogP contribution in [0.15, 0.2) is 73.3 Å². The van der Waals surface area contributed by atoms with Crippen LogP contribution in [-0.2, 0) is 17.6 Å². The number of carbonyl (C=O) groups is 1. The number of carbonyl (C=O) groups excluding carboxylic acids is 1. The maximum Gasteiger partial charge on any atom is 0.224 e. The van der Waals surface area contributed by atoms with Gasteiger partial charge in [0.2, 0.25) is 5.91 Å². The van der Waals surface area contributed by atoms with Gasteiger partial charge >= 0.3 is 0 Å². The van der Waals surface area contributed by atoms with E-state index in [4.69, 9.17) is 0 Å². The molecule has 0 bridgehead atoms. The third kappa shape index (κ3) is 5.27. The Morgan fingerprint density at radius 3 is 2.14 bits per heavy atom. The van der Waals surface area contributed by atoms with E-state index >= 15 is 0 Å². The molecule has 2 aromatic carbocycles. The minimum Gasteiger partial charge on any atom is -0.352 e. The Bertz CT molecular complexity index is 563. The summed E-state index contributed by atoms with van der Waals surface area (Å²) in [6.07, 6.45) is 3.88. The largest absolute Gasteiger partial charge is 0.352 e. The van der Waals surface area contributed by atoms with E-state index < -0.39 is 0 Å². The first-order valence-electron chi connectivity index (χ1n) is 7.26. The Balaban J connectivity index is 1.93. The van der Waals surface area contributed by atoms with Crippen LogP contribution in [-0.4, -0.2) is 11.9 Å². The first kappa shape index (κ1) is 15.0. The molecule has 1 atom stereocenters. The van der Waals surface area contributed by atoms with Gasteiger partial charge in [0.15, 0.2) is 0 Å². The highest BCUT2D eigenvalue weighted by Gasteiger charge is 2.12. The van der Waals surface area contributed by atoms with Crippen molar-refractivity contribution in [2.24, 2.45) is 0 Å². The molecule has 0 fully saturated rings. The molecule has 108 valence electrons. The first-order chi connectivity index (χ1) is 10.3. The standard InChI is InChI=1S/C19H21NO/c1-2-9-18(14-16-10-5-3-6-11-16)20-19(21)15-17-12-7-4-8-13-17/h2-8,10-13,18H,1,9,14-15H2,(H,20,21). The van der Waals surface area contributed by atoms with Gasteiger partial charge < -0.3 is 5.32 Å². The van der Waals surface area contributed by atoms with Gasteiger partial charge in [-0.2, -0.15) is 0 Å². The molecule has 2 nitrogen and oxygen atoms in total. The van der Waals surface area contributed by atoms with Crippen LogP contribution >= 0.6 is 0 Å². The van der Waals surface area contributed by atoms with Crippen LogP contribution in [0.2, 0.25) is 0 Å². The molecule has 0 aliphatic rings. The zero-order valence-corrected chi connectivity index (χ0v) is 12.2. The quantitative estimate of drug-likeness (QED) is 0.772. The van der Waals surface area contributed by atoms with Crippen molar-refractivity contribution in [3.05, 3.63) is 84.4 Å². The van der Waals surface area contributed by atoms with Crippen molar-refractivity contribution in [1.29, 1.82) is 0 Å². The van der Waals surface area contributed by atoms with Crippen LogP contribution in [0, 0.1) is 0 Å². The van der Waals surface area contributed by atoms with E-state index in [-0.39, 0.29) is 11.9 Å². The average molecular weight is 279 g/mol. The Hall–Kier alpha value is -2.35. The molecule has 0 heterocycles. The molecule has 1 amide bonds. The topological polar surface area (TPSA) is 29.1 Å². The van der Waals surface area contributed by atoms with E-state index in [1.54, 1.807) is 0 Å². The number of rotatable bonds is 7. The monoisotopic (exact) mass is 279 g/mol. The minimum absolute atomic E-state index is 0.0592. The van der Waals surface area contributed by atoms with Gasteiger partial charge in [0.1, 0.15) is 0 Å². The molecule has 2 aromatic rings. The highest BCUT2D eigenvalue weighted by molar-refractivity contribution is 5.78.